The molecule has 0 aromatic heterocycles. The number of esters is 2. The van der Waals surface area contributed by atoms with Crippen LogP contribution in [0.4, 0.5) is 4.39 Å². The topological polar surface area (TPSA) is 130 Å². The molecule has 9 nitrogen and oxygen atoms in total. The number of hydrogen-bond donors (Lipinski definition) is 0. The fraction of sp³-hybridized carbons (Fsp3) is 0.209. The van der Waals surface area contributed by atoms with Gasteiger partial charge in [0.2, 0.25) is 0 Å². The van der Waals surface area contributed by atoms with Crippen LogP contribution < -0.4 is 9.47 Å². The Balaban J connectivity index is 1.26. The van der Waals surface area contributed by atoms with E-state index in [1.165, 1.54) is 42.5 Å². The first-order valence-electron chi connectivity index (χ1n) is 17.5. The fourth-order valence-corrected chi connectivity index (χ4v) is 8.26. The predicted molar refractivity (Wildman–Crippen MR) is 214 cm³/mol. The zero-order valence-corrected chi connectivity index (χ0v) is 33.8. The van der Waals surface area contributed by atoms with E-state index in [-0.39, 0.29) is 34.1 Å². The quantitative estimate of drug-likeness (QED) is 0.0927. The number of fused-ring (bicyclic) bond motifs is 2. The molecule has 0 radical (unpaired) electrons. The number of carbonyl (C=O) groups is 2. The molecule has 0 saturated heterocycles. The maximum absolute atomic E-state index is 14.5. The molecule has 0 spiro atoms. The van der Waals surface area contributed by atoms with Gasteiger partial charge < -0.3 is 14.2 Å². The van der Waals surface area contributed by atoms with Crippen molar-refractivity contribution in [3.63, 3.8) is 0 Å². The Morgan fingerprint density at radius 3 is 1.62 bits per heavy atom. The highest BCUT2D eigenvalue weighted by Crippen LogP contribution is 2.40. The minimum atomic E-state index is -3.46. The summed E-state index contributed by atoms with van der Waals surface area (Å²) in [5.74, 6) is -0.756. The molecule has 0 aliphatic carbocycles. The Kier molecular flexibility index (Phi) is 11.3. The molecule has 0 aliphatic rings. The van der Waals surface area contributed by atoms with Crippen molar-refractivity contribution in [3.05, 3.63) is 129 Å². The summed E-state index contributed by atoms with van der Waals surface area (Å²) in [7, 11) is -6.90. The molecule has 0 atom stereocenters. The van der Waals surface area contributed by atoms with Crippen LogP contribution in [0.15, 0.2) is 94.7 Å². The van der Waals surface area contributed by atoms with Gasteiger partial charge in [0.05, 0.1) is 28.4 Å². The summed E-state index contributed by atoms with van der Waals surface area (Å²) in [4.78, 5) is 27.0. The van der Waals surface area contributed by atoms with Gasteiger partial charge in [0.15, 0.2) is 19.7 Å². The second-order valence-corrected chi connectivity index (χ2v) is 18.4. The smallest absolute Gasteiger partial charge is 0.317 e. The van der Waals surface area contributed by atoms with Crippen LogP contribution in [0.5, 0.6) is 23.0 Å². The van der Waals surface area contributed by atoms with Gasteiger partial charge in [0, 0.05) is 22.1 Å². The van der Waals surface area contributed by atoms with E-state index < -0.39 is 37.4 Å². The van der Waals surface area contributed by atoms with Crippen LogP contribution in [0.3, 0.4) is 0 Å². The lowest BCUT2D eigenvalue weighted by Crippen LogP contribution is -2.17. The minimum Gasteiger partial charge on any atom is -0.456 e. The van der Waals surface area contributed by atoms with Gasteiger partial charge in [-0.05, 0) is 133 Å². The summed E-state index contributed by atoms with van der Waals surface area (Å²) >= 11 is 6.35. The third kappa shape index (κ3) is 8.57. The average molecular weight is 817 g/mol. The number of benzene rings is 6. The third-order valence-electron chi connectivity index (χ3n) is 9.61. The molecular weight excluding hydrogens is 779 g/mol. The van der Waals surface area contributed by atoms with E-state index in [2.05, 4.69) is 0 Å². The second-order valence-electron chi connectivity index (χ2n) is 13.6. The molecule has 6 aromatic rings. The molecule has 13 heteroatoms. The van der Waals surface area contributed by atoms with E-state index in [1.807, 2.05) is 0 Å². The van der Waals surface area contributed by atoms with Crippen molar-refractivity contribution in [1.82, 2.24) is 0 Å². The minimum absolute atomic E-state index is 0.0615. The molecule has 0 amide bonds. The lowest BCUT2D eigenvalue weighted by atomic mass is 9.97. The fourth-order valence-electron chi connectivity index (χ4n) is 6.41. The van der Waals surface area contributed by atoms with Gasteiger partial charge in [-0.1, -0.05) is 42.8 Å². The highest BCUT2D eigenvalue weighted by molar-refractivity contribution is 7.91. The largest absolute Gasteiger partial charge is 0.456 e. The van der Waals surface area contributed by atoms with Gasteiger partial charge in [0.1, 0.15) is 28.8 Å². The van der Waals surface area contributed by atoms with Gasteiger partial charge in [0.25, 0.3) is 0 Å². The predicted octanol–water partition coefficient (Wildman–Crippen LogP) is 9.66. The van der Waals surface area contributed by atoms with Crippen molar-refractivity contribution in [2.75, 3.05) is 12.0 Å². The van der Waals surface area contributed by atoms with E-state index in [0.717, 1.165) is 6.26 Å². The average Bonchev–Trinajstić information content (AvgIpc) is 3.12. The van der Waals surface area contributed by atoms with Crippen molar-refractivity contribution >= 4 is 64.8 Å². The third-order valence-corrected chi connectivity index (χ3v) is 12.7. The first-order chi connectivity index (χ1) is 26.3. The molecule has 0 fully saturated rings. The molecule has 0 aliphatic heterocycles. The van der Waals surface area contributed by atoms with Crippen molar-refractivity contribution in [2.45, 2.75) is 57.3 Å². The molecule has 6 aromatic carbocycles. The monoisotopic (exact) mass is 816 g/mol. The van der Waals surface area contributed by atoms with Gasteiger partial charge in [-0.2, -0.15) is 0 Å². The molecule has 0 N–H and O–H groups in total. The molecule has 0 saturated carbocycles. The van der Waals surface area contributed by atoms with E-state index in [9.17, 15) is 30.8 Å². The Hall–Kier alpha value is -5.30. The Morgan fingerprint density at radius 2 is 1.12 bits per heavy atom. The SMILES string of the molecule is CCS(=O)(=O)c1ccc(Oc2c(C)c(CC(=O)OC(=O)Cc3cc4ccc(Cl)cc4c(Oc4ccc(S(C)(=O)=O)cc4C)c3C)cc3ccc(F)cc23)c(C)c1. The number of ether oxygens (including phenoxy) is 3. The summed E-state index contributed by atoms with van der Waals surface area (Å²) in [5, 5.41) is 2.85. The Morgan fingerprint density at radius 1 is 0.643 bits per heavy atom. The Labute approximate surface area is 329 Å². The van der Waals surface area contributed by atoms with E-state index in [1.54, 1.807) is 77.1 Å². The molecular formula is C43H38ClFO9S2. The molecule has 0 bridgehead atoms. The molecule has 290 valence electrons. The maximum Gasteiger partial charge on any atom is 0.317 e. The summed E-state index contributed by atoms with van der Waals surface area (Å²) in [6, 6.07) is 21.9. The first-order valence-corrected chi connectivity index (χ1v) is 21.4. The van der Waals surface area contributed by atoms with E-state index >= 15 is 0 Å². The molecule has 0 heterocycles. The van der Waals surface area contributed by atoms with E-state index in [0.29, 0.717) is 77.2 Å². The zero-order valence-electron chi connectivity index (χ0n) is 31.5. The van der Waals surface area contributed by atoms with Crippen LogP contribution in [0.25, 0.3) is 21.5 Å². The number of carbonyl (C=O) groups excluding carboxylic acids is 2. The normalized spacial score (nSPS) is 11.9. The van der Waals surface area contributed by atoms with E-state index in [4.69, 9.17) is 25.8 Å². The van der Waals surface area contributed by atoms with Gasteiger partial charge in [-0.25, -0.2) is 21.2 Å². The van der Waals surface area contributed by atoms with Crippen molar-refractivity contribution < 1.29 is 45.0 Å². The van der Waals surface area contributed by atoms with Crippen LogP contribution in [-0.2, 0) is 46.8 Å². The van der Waals surface area contributed by atoms with Crippen molar-refractivity contribution in [3.8, 4) is 23.0 Å². The second kappa shape index (κ2) is 15.7. The number of hydrogen-bond acceptors (Lipinski definition) is 9. The van der Waals surface area contributed by atoms with Crippen LogP contribution in [0.2, 0.25) is 5.02 Å². The lowest BCUT2D eigenvalue weighted by molar-refractivity contribution is -0.158. The highest BCUT2D eigenvalue weighted by atomic mass is 35.5. The van der Waals surface area contributed by atoms with Crippen LogP contribution in [-0.4, -0.2) is 40.8 Å². The summed E-state index contributed by atoms with van der Waals surface area (Å²) in [6.45, 7) is 8.46. The van der Waals surface area contributed by atoms with Gasteiger partial charge in [-0.3, -0.25) is 9.59 Å². The van der Waals surface area contributed by atoms with Crippen LogP contribution in [0, 0.1) is 33.5 Å². The van der Waals surface area contributed by atoms with Gasteiger partial charge in [-0.15, -0.1) is 0 Å². The number of aryl methyl sites for hydroxylation is 2. The van der Waals surface area contributed by atoms with Crippen LogP contribution in [0.1, 0.15) is 40.3 Å². The number of halogens is 2. The summed E-state index contributed by atoms with van der Waals surface area (Å²) in [6.07, 6.45) is 0.548. The van der Waals surface area contributed by atoms with Crippen molar-refractivity contribution in [2.24, 2.45) is 0 Å². The maximum atomic E-state index is 14.5. The lowest BCUT2D eigenvalue weighted by Gasteiger charge is -2.18. The van der Waals surface area contributed by atoms with Crippen LogP contribution >= 0.6 is 11.6 Å². The number of sulfone groups is 2. The first kappa shape index (κ1) is 40.4. The molecule has 0 unspecified atom stereocenters. The van der Waals surface area contributed by atoms with Gasteiger partial charge >= 0.3 is 11.9 Å². The van der Waals surface area contributed by atoms with Crippen molar-refractivity contribution in [1.29, 1.82) is 0 Å². The molecule has 6 rings (SSSR count). The molecule has 56 heavy (non-hydrogen) atoms. The summed E-state index contributed by atoms with van der Waals surface area (Å²) < 4.78 is 81.6. The Bertz CT molecular complexity index is 2820. The standard InChI is InChI=1S/C43H38ClFO9S2/c1-7-56(50,51)35-13-15-39(25(3)17-35)53-43-27(5)31(19-29-9-11-33(45)23-37(29)43)21-41(47)54-40(46)20-30-18-28-8-10-32(44)22-36(28)42(26(30)4)52-38-14-12-34(16-24(38)2)55(6,48)49/h8-19,22-23H,7,20-21H2,1-6H3. The highest BCUT2D eigenvalue weighted by Gasteiger charge is 2.22. The zero-order chi connectivity index (χ0) is 40.7. The summed E-state index contributed by atoms with van der Waals surface area (Å²) in [5.41, 5.74) is 3.22. The number of rotatable bonds is 11.